The maximum atomic E-state index is 5.99. The van der Waals surface area contributed by atoms with E-state index in [2.05, 4.69) is 20.0 Å². The second kappa shape index (κ2) is 6.36. The molecule has 0 aliphatic carbocycles. The van der Waals surface area contributed by atoms with Gasteiger partial charge in [-0.05, 0) is 23.5 Å². The zero-order chi connectivity index (χ0) is 14.5. The van der Waals surface area contributed by atoms with Crippen LogP contribution in [0, 0.1) is 0 Å². The first kappa shape index (κ1) is 13.6. The van der Waals surface area contributed by atoms with Crippen LogP contribution in [0.15, 0.2) is 42.7 Å². The summed E-state index contributed by atoms with van der Waals surface area (Å²) in [6.07, 6.45) is 4.50. The van der Waals surface area contributed by atoms with Gasteiger partial charge in [0, 0.05) is 19.3 Å². The Kier molecular flexibility index (Phi) is 4.11. The lowest BCUT2D eigenvalue weighted by Gasteiger charge is -2.07. The van der Waals surface area contributed by atoms with Crippen LogP contribution in [0.25, 0.3) is 11.1 Å². The summed E-state index contributed by atoms with van der Waals surface area (Å²) in [5.41, 5.74) is 8.06. The minimum atomic E-state index is 0.574. The Morgan fingerprint density at radius 2 is 2.10 bits per heavy atom. The number of aromatic nitrogens is 4. The molecule has 1 aromatic carbocycles. The van der Waals surface area contributed by atoms with Gasteiger partial charge in [-0.1, -0.05) is 35.5 Å². The van der Waals surface area contributed by atoms with E-state index in [0.29, 0.717) is 5.82 Å². The summed E-state index contributed by atoms with van der Waals surface area (Å²) in [7, 11) is 0. The summed E-state index contributed by atoms with van der Waals surface area (Å²) < 4.78 is 6.07. The van der Waals surface area contributed by atoms with Crippen molar-refractivity contribution < 1.29 is 0 Å². The Bertz CT molecular complexity index is 677. The van der Waals surface area contributed by atoms with E-state index in [9.17, 15) is 0 Å². The third-order valence-corrected chi connectivity index (χ3v) is 3.92. The zero-order valence-electron chi connectivity index (χ0n) is 11.4. The number of nitrogen functional groups attached to an aromatic ring is 1. The Hall–Kier alpha value is -2.41. The number of nitrogens with one attached hydrogen (secondary N) is 1. The number of nitrogens with zero attached hydrogens (tertiary/aromatic N) is 4. The number of hydrogen-bond donors (Lipinski definition) is 2. The summed E-state index contributed by atoms with van der Waals surface area (Å²) >= 11 is 1.40. The third-order valence-electron chi connectivity index (χ3n) is 3.10. The zero-order valence-corrected chi connectivity index (χ0v) is 12.3. The fraction of sp³-hybridized carbons (Fsp3) is 0.214. The lowest BCUT2D eigenvalue weighted by molar-refractivity contribution is 0.570. The SMILES string of the molecule is Nc1nsc(NCCCn2ccnn2)c1-c1ccccc1. The molecular weight excluding hydrogens is 284 g/mol. The van der Waals surface area contributed by atoms with Gasteiger partial charge in [-0.15, -0.1) is 5.10 Å². The van der Waals surface area contributed by atoms with Crippen LogP contribution in [0.3, 0.4) is 0 Å². The van der Waals surface area contributed by atoms with E-state index >= 15 is 0 Å². The average Bonchev–Trinajstić information content (AvgIpc) is 3.14. The van der Waals surface area contributed by atoms with Crippen LogP contribution in [0.5, 0.6) is 0 Å². The molecule has 0 atom stereocenters. The molecule has 3 aromatic rings. The monoisotopic (exact) mass is 300 g/mol. The lowest BCUT2D eigenvalue weighted by atomic mass is 10.1. The van der Waals surface area contributed by atoms with Gasteiger partial charge in [0.2, 0.25) is 0 Å². The third kappa shape index (κ3) is 3.19. The Balaban J connectivity index is 1.64. The molecule has 0 fully saturated rings. The summed E-state index contributed by atoms with van der Waals surface area (Å²) in [5, 5.41) is 12.1. The molecule has 0 aliphatic heterocycles. The summed E-state index contributed by atoms with van der Waals surface area (Å²) in [4.78, 5) is 0. The van der Waals surface area contributed by atoms with Gasteiger partial charge in [0.05, 0.1) is 11.8 Å². The van der Waals surface area contributed by atoms with E-state index in [1.165, 1.54) is 11.5 Å². The maximum absolute atomic E-state index is 5.99. The predicted molar refractivity (Wildman–Crippen MR) is 85.1 cm³/mol. The quantitative estimate of drug-likeness (QED) is 0.683. The van der Waals surface area contributed by atoms with Crippen molar-refractivity contribution in [2.24, 2.45) is 0 Å². The highest BCUT2D eigenvalue weighted by Gasteiger charge is 2.12. The number of rotatable bonds is 6. The van der Waals surface area contributed by atoms with Crippen LogP contribution >= 0.6 is 11.5 Å². The minimum absolute atomic E-state index is 0.574. The van der Waals surface area contributed by atoms with Crippen molar-refractivity contribution in [1.82, 2.24) is 19.4 Å². The smallest absolute Gasteiger partial charge is 0.147 e. The van der Waals surface area contributed by atoms with Crippen LogP contribution in [-0.2, 0) is 6.54 Å². The molecule has 3 rings (SSSR count). The highest BCUT2D eigenvalue weighted by Crippen LogP contribution is 2.36. The molecule has 0 unspecified atom stereocenters. The molecule has 0 radical (unpaired) electrons. The fourth-order valence-corrected chi connectivity index (χ4v) is 2.86. The van der Waals surface area contributed by atoms with Gasteiger partial charge in [0.25, 0.3) is 0 Å². The van der Waals surface area contributed by atoms with Crippen LogP contribution < -0.4 is 11.1 Å². The molecule has 2 heterocycles. The lowest BCUT2D eigenvalue weighted by Crippen LogP contribution is -2.07. The molecule has 3 N–H and O–H groups in total. The van der Waals surface area contributed by atoms with Gasteiger partial charge >= 0.3 is 0 Å². The largest absolute Gasteiger partial charge is 0.382 e. The Morgan fingerprint density at radius 1 is 1.24 bits per heavy atom. The van der Waals surface area contributed by atoms with Crippen molar-refractivity contribution in [3.63, 3.8) is 0 Å². The molecule has 0 saturated heterocycles. The van der Waals surface area contributed by atoms with Crippen LogP contribution in [0.1, 0.15) is 6.42 Å². The molecule has 0 aliphatic rings. The summed E-state index contributed by atoms with van der Waals surface area (Å²) in [6, 6.07) is 10.1. The number of benzene rings is 1. The van der Waals surface area contributed by atoms with Crippen LogP contribution in [-0.4, -0.2) is 25.9 Å². The first-order valence-electron chi connectivity index (χ1n) is 6.73. The van der Waals surface area contributed by atoms with Gasteiger partial charge in [-0.2, -0.15) is 4.37 Å². The van der Waals surface area contributed by atoms with E-state index in [1.807, 2.05) is 41.2 Å². The molecule has 7 heteroatoms. The summed E-state index contributed by atoms with van der Waals surface area (Å²) in [6.45, 7) is 1.67. The van der Waals surface area contributed by atoms with Crippen molar-refractivity contribution in [3.05, 3.63) is 42.7 Å². The van der Waals surface area contributed by atoms with Gasteiger partial charge in [0.15, 0.2) is 0 Å². The first-order valence-corrected chi connectivity index (χ1v) is 7.50. The average molecular weight is 300 g/mol. The predicted octanol–water partition coefficient (Wildman–Crippen LogP) is 2.49. The molecule has 0 bridgehead atoms. The topological polar surface area (TPSA) is 81.6 Å². The van der Waals surface area contributed by atoms with E-state index in [4.69, 9.17) is 5.73 Å². The Morgan fingerprint density at radius 3 is 2.86 bits per heavy atom. The molecule has 108 valence electrons. The number of hydrogen-bond acceptors (Lipinski definition) is 6. The molecular formula is C14H16N6S. The molecule has 0 saturated carbocycles. The molecule has 2 aromatic heterocycles. The highest BCUT2D eigenvalue weighted by molar-refractivity contribution is 7.11. The number of nitrogens with two attached hydrogens (primary N) is 1. The number of anilines is 2. The van der Waals surface area contributed by atoms with Gasteiger partial charge in [0.1, 0.15) is 10.8 Å². The first-order chi connectivity index (χ1) is 10.3. The second-order valence-electron chi connectivity index (χ2n) is 4.58. The van der Waals surface area contributed by atoms with E-state index in [0.717, 1.165) is 35.6 Å². The van der Waals surface area contributed by atoms with E-state index in [1.54, 1.807) is 6.20 Å². The highest BCUT2D eigenvalue weighted by atomic mass is 32.1. The van der Waals surface area contributed by atoms with Gasteiger partial charge < -0.3 is 11.1 Å². The minimum Gasteiger partial charge on any atom is -0.382 e. The van der Waals surface area contributed by atoms with E-state index < -0.39 is 0 Å². The number of aryl methyl sites for hydroxylation is 1. The molecule has 21 heavy (non-hydrogen) atoms. The van der Waals surface area contributed by atoms with Crippen molar-refractivity contribution in [1.29, 1.82) is 0 Å². The van der Waals surface area contributed by atoms with Crippen LogP contribution in [0.4, 0.5) is 10.8 Å². The summed E-state index contributed by atoms with van der Waals surface area (Å²) in [5.74, 6) is 0.574. The van der Waals surface area contributed by atoms with Crippen molar-refractivity contribution in [2.45, 2.75) is 13.0 Å². The normalized spacial score (nSPS) is 10.7. The van der Waals surface area contributed by atoms with Gasteiger partial charge in [-0.25, -0.2) is 0 Å². The van der Waals surface area contributed by atoms with Crippen LogP contribution in [0.2, 0.25) is 0 Å². The fourth-order valence-electron chi connectivity index (χ4n) is 2.10. The maximum Gasteiger partial charge on any atom is 0.147 e. The van der Waals surface area contributed by atoms with Crippen molar-refractivity contribution in [3.8, 4) is 11.1 Å². The van der Waals surface area contributed by atoms with E-state index in [-0.39, 0.29) is 0 Å². The van der Waals surface area contributed by atoms with Crippen molar-refractivity contribution >= 4 is 22.4 Å². The molecule has 6 nitrogen and oxygen atoms in total. The standard InChI is InChI=1S/C14H16N6S/c15-13-12(11-5-2-1-3-6-11)14(21-18-13)16-7-4-9-20-10-8-17-19-20/h1-3,5-6,8,10,16H,4,7,9H2,(H2,15,18). The van der Waals surface area contributed by atoms with Gasteiger partial charge in [-0.3, -0.25) is 4.68 Å². The Labute approximate surface area is 126 Å². The van der Waals surface area contributed by atoms with Crippen molar-refractivity contribution in [2.75, 3.05) is 17.6 Å². The molecule has 0 spiro atoms. The molecule has 0 amide bonds. The second-order valence-corrected chi connectivity index (χ2v) is 5.36.